The van der Waals surface area contributed by atoms with Gasteiger partial charge in [-0.1, -0.05) is 49.4 Å². The van der Waals surface area contributed by atoms with Crippen molar-refractivity contribution in [1.82, 2.24) is 4.90 Å². The van der Waals surface area contributed by atoms with Crippen LogP contribution in [0.4, 0.5) is 0 Å². The van der Waals surface area contributed by atoms with Crippen LogP contribution >= 0.6 is 0 Å². The number of fused-ring (bicyclic) bond motifs is 1. The van der Waals surface area contributed by atoms with Crippen molar-refractivity contribution in [1.29, 1.82) is 0 Å². The lowest BCUT2D eigenvalue weighted by Crippen LogP contribution is -2.34. The zero-order valence-electron chi connectivity index (χ0n) is 13.2. The summed E-state index contributed by atoms with van der Waals surface area (Å²) in [4.78, 5) is 14.4. The Bertz CT molecular complexity index is 682. The first-order valence-electron chi connectivity index (χ1n) is 8.05. The van der Waals surface area contributed by atoms with Gasteiger partial charge in [-0.25, -0.2) is 0 Å². The normalized spacial score (nSPS) is 21.5. The average Bonchev–Trinajstić information content (AvgIpc) is 2.95. The highest BCUT2D eigenvalue weighted by molar-refractivity contribution is 5.83. The number of amides is 1. The predicted molar refractivity (Wildman–Crippen MR) is 90.6 cm³/mol. The second-order valence-corrected chi connectivity index (χ2v) is 6.76. The monoisotopic (exact) mass is 296 g/mol. The molecular formula is C19H24N2O. The molecule has 1 saturated heterocycles. The van der Waals surface area contributed by atoms with Gasteiger partial charge in [-0.2, -0.15) is 0 Å². The number of likely N-dealkylation sites (tertiary alicyclic amines) is 1. The van der Waals surface area contributed by atoms with Crippen molar-refractivity contribution < 1.29 is 4.79 Å². The van der Waals surface area contributed by atoms with Gasteiger partial charge in [0.25, 0.3) is 0 Å². The third-order valence-electron chi connectivity index (χ3n) is 4.84. The minimum absolute atomic E-state index is 0.110. The molecule has 2 aromatic rings. The topological polar surface area (TPSA) is 46.3 Å². The molecule has 2 aromatic carbocycles. The molecule has 0 aromatic heterocycles. The number of carbonyl (C=O) groups excluding carboxylic acids is 1. The fourth-order valence-electron chi connectivity index (χ4n) is 3.21. The van der Waals surface area contributed by atoms with Gasteiger partial charge in [0.15, 0.2) is 0 Å². The van der Waals surface area contributed by atoms with Gasteiger partial charge in [-0.05, 0) is 41.1 Å². The maximum absolute atomic E-state index is 12.4. The van der Waals surface area contributed by atoms with E-state index in [0.29, 0.717) is 13.0 Å². The summed E-state index contributed by atoms with van der Waals surface area (Å²) < 4.78 is 0. The average molecular weight is 296 g/mol. The van der Waals surface area contributed by atoms with E-state index in [2.05, 4.69) is 43.3 Å². The Morgan fingerprint density at radius 1 is 1.23 bits per heavy atom. The summed E-state index contributed by atoms with van der Waals surface area (Å²) in [5.41, 5.74) is 7.15. The molecular weight excluding hydrogens is 272 g/mol. The molecule has 3 rings (SSSR count). The molecule has 1 heterocycles. The molecule has 0 saturated carbocycles. The first kappa shape index (κ1) is 15.0. The fraction of sp³-hybridized carbons (Fsp3) is 0.421. The van der Waals surface area contributed by atoms with E-state index in [1.165, 1.54) is 16.3 Å². The Balaban J connectivity index is 1.60. The van der Waals surface area contributed by atoms with Gasteiger partial charge < -0.3 is 10.6 Å². The molecule has 1 unspecified atom stereocenters. The lowest BCUT2D eigenvalue weighted by Gasteiger charge is -2.22. The summed E-state index contributed by atoms with van der Waals surface area (Å²) in [5, 5.41) is 2.49. The fourth-order valence-corrected chi connectivity index (χ4v) is 3.21. The molecule has 3 heteroatoms. The number of nitrogens with two attached hydrogens (primary N) is 1. The number of carbonyl (C=O) groups is 1. The van der Waals surface area contributed by atoms with E-state index < -0.39 is 0 Å². The second kappa shape index (κ2) is 6.09. The van der Waals surface area contributed by atoms with Crippen LogP contribution in [-0.4, -0.2) is 30.4 Å². The molecule has 1 aliphatic rings. The molecule has 22 heavy (non-hydrogen) atoms. The zero-order chi connectivity index (χ0) is 15.6. The van der Waals surface area contributed by atoms with E-state index in [0.717, 1.165) is 25.9 Å². The van der Waals surface area contributed by atoms with E-state index in [9.17, 15) is 4.79 Å². The number of hydrogen-bond acceptors (Lipinski definition) is 2. The number of nitrogens with zero attached hydrogens (tertiary/aromatic N) is 1. The molecule has 2 N–H and O–H groups in total. The highest BCUT2D eigenvalue weighted by Gasteiger charge is 2.34. The van der Waals surface area contributed by atoms with Crippen LogP contribution in [0.2, 0.25) is 0 Å². The van der Waals surface area contributed by atoms with Crippen molar-refractivity contribution in [2.45, 2.75) is 26.2 Å². The first-order valence-corrected chi connectivity index (χ1v) is 8.05. The number of hydrogen-bond donors (Lipinski definition) is 1. The number of rotatable bonds is 4. The SMILES string of the molecule is CC1(CN)CCN(C(=O)CCc2ccc3ccccc3c2)C1. The molecule has 0 aliphatic carbocycles. The minimum Gasteiger partial charge on any atom is -0.342 e. The van der Waals surface area contributed by atoms with Crippen LogP contribution in [0.3, 0.4) is 0 Å². The lowest BCUT2D eigenvalue weighted by molar-refractivity contribution is -0.130. The second-order valence-electron chi connectivity index (χ2n) is 6.76. The van der Waals surface area contributed by atoms with E-state index in [1.54, 1.807) is 0 Å². The van der Waals surface area contributed by atoms with Crippen LogP contribution in [0, 0.1) is 5.41 Å². The molecule has 1 amide bonds. The molecule has 1 atom stereocenters. The Morgan fingerprint density at radius 2 is 2.00 bits per heavy atom. The Morgan fingerprint density at radius 3 is 2.73 bits per heavy atom. The quantitative estimate of drug-likeness (QED) is 0.943. The van der Waals surface area contributed by atoms with Crippen LogP contribution in [-0.2, 0) is 11.2 Å². The van der Waals surface area contributed by atoms with Crippen molar-refractivity contribution in [2.75, 3.05) is 19.6 Å². The standard InChI is InChI=1S/C19H24N2O/c1-19(13-20)10-11-21(14-19)18(22)9-7-15-6-8-16-4-2-3-5-17(16)12-15/h2-6,8,12H,7,9-11,13-14,20H2,1H3. The summed E-state index contributed by atoms with van der Waals surface area (Å²) >= 11 is 0. The van der Waals surface area contributed by atoms with Gasteiger partial charge in [0, 0.05) is 19.5 Å². The van der Waals surface area contributed by atoms with E-state index >= 15 is 0 Å². The van der Waals surface area contributed by atoms with E-state index in [-0.39, 0.29) is 11.3 Å². The Kier molecular flexibility index (Phi) is 4.16. The third kappa shape index (κ3) is 3.14. The number of aryl methyl sites for hydroxylation is 1. The van der Waals surface area contributed by atoms with Crippen LogP contribution in [0.15, 0.2) is 42.5 Å². The molecule has 0 bridgehead atoms. The molecule has 1 aliphatic heterocycles. The van der Waals surface area contributed by atoms with E-state index in [1.807, 2.05) is 11.0 Å². The first-order chi connectivity index (χ1) is 10.6. The van der Waals surface area contributed by atoms with Crippen LogP contribution < -0.4 is 5.73 Å². The summed E-state index contributed by atoms with van der Waals surface area (Å²) in [6, 6.07) is 14.8. The summed E-state index contributed by atoms with van der Waals surface area (Å²) in [7, 11) is 0. The largest absolute Gasteiger partial charge is 0.342 e. The van der Waals surface area contributed by atoms with Crippen molar-refractivity contribution in [2.24, 2.45) is 11.1 Å². The van der Waals surface area contributed by atoms with Crippen LogP contribution in [0.25, 0.3) is 10.8 Å². The third-order valence-corrected chi connectivity index (χ3v) is 4.84. The van der Waals surface area contributed by atoms with E-state index in [4.69, 9.17) is 5.73 Å². The highest BCUT2D eigenvalue weighted by Crippen LogP contribution is 2.29. The van der Waals surface area contributed by atoms with Gasteiger partial charge in [-0.15, -0.1) is 0 Å². The summed E-state index contributed by atoms with van der Waals surface area (Å²) in [5.74, 6) is 0.255. The van der Waals surface area contributed by atoms with Gasteiger partial charge in [-0.3, -0.25) is 4.79 Å². The molecule has 1 fully saturated rings. The molecule has 0 spiro atoms. The molecule has 116 valence electrons. The van der Waals surface area contributed by atoms with Gasteiger partial charge in [0.1, 0.15) is 0 Å². The molecule has 3 nitrogen and oxygen atoms in total. The minimum atomic E-state index is 0.110. The highest BCUT2D eigenvalue weighted by atomic mass is 16.2. The Hall–Kier alpha value is -1.87. The van der Waals surface area contributed by atoms with Gasteiger partial charge >= 0.3 is 0 Å². The predicted octanol–water partition coefficient (Wildman–Crippen LogP) is 2.97. The number of benzene rings is 2. The lowest BCUT2D eigenvalue weighted by atomic mass is 9.90. The van der Waals surface area contributed by atoms with Crippen molar-refractivity contribution in [3.8, 4) is 0 Å². The maximum Gasteiger partial charge on any atom is 0.222 e. The van der Waals surface area contributed by atoms with Crippen molar-refractivity contribution in [3.63, 3.8) is 0 Å². The Labute approximate surface area is 132 Å². The van der Waals surface area contributed by atoms with Gasteiger partial charge in [0.05, 0.1) is 0 Å². The van der Waals surface area contributed by atoms with Gasteiger partial charge in [0.2, 0.25) is 5.91 Å². The summed E-state index contributed by atoms with van der Waals surface area (Å²) in [6.45, 7) is 4.48. The van der Waals surface area contributed by atoms with Crippen LogP contribution in [0.5, 0.6) is 0 Å². The van der Waals surface area contributed by atoms with Crippen molar-refractivity contribution >= 4 is 16.7 Å². The smallest absolute Gasteiger partial charge is 0.222 e. The maximum atomic E-state index is 12.4. The van der Waals surface area contributed by atoms with Crippen molar-refractivity contribution in [3.05, 3.63) is 48.0 Å². The van der Waals surface area contributed by atoms with Crippen LogP contribution in [0.1, 0.15) is 25.3 Å². The molecule has 0 radical (unpaired) electrons. The summed E-state index contributed by atoms with van der Waals surface area (Å²) in [6.07, 6.45) is 2.41. The zero-order valence-corrected chi connectivity index (χ0v) is 13.2.